The van der Waals surface area contributed by atoms with Crippen LogP contribution >= 0.6 is 22.9 Å². The van der Waals surface area contributed by atoms with E-state index in [-0.39, 0.29) is 11.4 Å². The van der Waals surface area contributed by atoms with Crippen LogP contribution in [0.5, 0.6) is 0 Å². The molecule has 0 unspecified atom stereocenters. The van der Waals surface area contributed by atoms with E-state index >= 15 is 0 Å². The maximum absolute atomic E-state index is 12.3. The summed E-state index contributed by atoms with van der Waals surface area (Å²) in [5.41, 5.74) is 1.67. The number of nitrogens with one attached hydrogen (secondary N) is 1. The lowest BCUT2D eigenvalue weighted by Gasteiger charge is -2.08. The average Bonchev–Trinajstić information content (AvgIpc) is 3.08. The Kier molecular flexibility index (Phi) is 4.77. The van der Waals surface area contributed by atoms with E-state index in [4.69, 9.17) is 11.6 Å². The average molecular weight is 365 g/mol. The fourth-order valence-corrected chi connectivity index (χ4v) is 4.05. The Morgan fingerprint density at radius 1 is 1.13 bits per heavy atom. The summed E-state index contributed by atoms with van der Waals surface area (Å²) in [5, 5.41) is 2.36. The monoisotopic (exact) mass is 364 g/mol. The number of benzene rings is 1. The highest BCUT2D eigenvalue weighted by Gasteiger charge is 2.14. The first kappa shape index (κ1) is 16.1. The molecule has 118 valence electrons. The van der Waals surface area contributed by atoms with Crippen LogP contribution in [0.2, 0.25) is 5.02 Å². The molecule has 0 saturated carbocycles. The SMILES string of the molecule is O=S(=O)(NCc1ccnc(-c2cccs2)c1)c1cccc(Cl)c1. The van der Waals surface area contributed by atoms with E-state index in [0.717, 1.165) is 16.1 Å². The van der Waals surface area contributed by atoms with E-state index in [0.29, 0.717) is 5.02 Å². The number of sulfonamides is 1. The number of hydrogen-bond donors (Lipinski definition) is 1. The minimum atomic E-state index is -3.60. The second-order valence-corrected chi connectivity index (χ2v) is 7.96. The zero-order valence-electron chi connectivity index (χ0n) is 11.9. The molecule has 0 bridgehead atoms. The topological polar surface area (TPSA) is 59.1 Å². The van der Waals surface area contributed by atoms with Crippen molar-refractivity contribution in [3.63, 3.8) is 0 Å². The second kappa shape index (κ2) is 6.80. The summed E-state index contributed by atoms with van der Waals surface area (Å²) in [6.45, 7) is 0.190. The Bertz CT molecular complexity index is 909. The molecule has 1 N–H and O–H groups in total. The molecule has 0 radical (unpaired) electrons. The molecule has 7 heteroatoms. The summed E-state index contributed by atoms with van der Waals surface area (Å²) in [5.74, 6) is 0. The second-order valence-electron chi connectivity index (χ2n) is 4.81. The van der Waals surface area contributed by atoms with Crippen LogP contribution < -0.4 is 4.72 Å². The molecule has 3 rings (SSSR count). The van der Waals surface area contributed by atoms with Crippen LogP contribution in [-0.4, -0.2) is 13.4 Å². The highest BCUT2D eigenvalue weighted by Crippen LogP contribution is 2.23. The Morgan fingerprint density at radius 2 is 2.00 bits per heavy atom. The van der Waals surface area contributed by atoms with Crippen molar-refractivity contribution < 1.29 is 8.42 Å². The zero-order chi connectivity index (χ0) is 16.3. The number of thiophene rings is 1. The summed E-state index contributed by atoms with van der Waals surface area (Å²) in [6, 6.07) is 13.8. The molecular formula is C16H13ClN2O2S2. The molecule has 0 aliphatic heterocycles. The van der Waals surface area contributed by atoms with Crippen LogP contribution in [-0.2, 0) is 16.6 Å². The lowest BCUT2D eigenvalue weighted by molar-refractivity contribution is 0.581. The lowest BCUT2D eigenvalue weighted by atomic mass is 10.2. The number of hydrogen-bond acceptors (Lipinski definition) is 4. The van der Waals surface area contributed by atoms with E-state index < -0.39 is 10.0 Å². The van der Waals surface area contributed by atoms with Gasteiger partial charge in [-0.1, -0.05) is 23.7 Å². The van der Waals surface area contributed by atoms with Gasteiger partial charge in [0.1, 0.15) is 0 Å². The summed E-state index contributed by atoms with van der Waals surface area (Å²) in [4.78, 5) is 5.51. The normalized spacial score (nSPS) is 11.5. The Balaban J connectivity index is 1.77. The third-order valence-electron chi connectivity index (χ3n) is 3.17. The molecule has 23 heavy (non-hydrogen) atoms. The Labute approximate surface area is 143 Å². The van der Waals surface area contributed by atoms with Crippen molar-refractivity contribution in [2.24, 2.45) is 0 Å². The minimum Gasteiger partial charge on any atom is -0.255 e. The fourth-order valence-electron chi connectivity index (χ4n) is 2.04. The van der Waals surface area contributed by atoms with Crippen molar-refractivity contribution in [3.8, 4) is 10.6 Å². The molecule has 3 aromatic rings. The Morgan fingerprint density at radius 3 is 2.74 bits per heavy atom. The first-order chi connectivity index (χ1) is 11.0. The molecule has 0 fully saturated rings. The van der Waals surface area contributed by atoms with Crippen molar-refractivity contribution in [2.75, 3.05) is 0 Å². The molecule has 0 aliphatic carbocycles. The highest BCUT2D eigenvalue weighted by atomic mass is 35.5. The van der Waals surface area contributed by atoms with Crippen LogP contribution in [0.25, 0.3) is 10.6 Å². The Hall–Kier alpha value is -1.73. The molecule has 2 aromatic heterocycles. The largest absolute Gasteiger partial charge is 0.255 e. The van der Waals surface area contributed by atoms with Gasteiger partial charge in [-0.2, -0.15) is 0 Å². The smallest absolute Gasteiger partial charge is 0.240 e. The fraction of sp³-hybridized carbons (Fsp3) is 0.0625. The van der Waals surface area contributed by atoms with Gasteiger partial charge in [-0.3, -0.25) is 4.98 Å². The van der Waals surface area contributed by atoms with Gasteiger partial charge in [0, 0.05) is 17.8 Å². The van der Waals surface area contributed by atoms with Crippen molar-refractivity contribution in [1.29, 1.82) is 0 Å². The third-order valence-corrected chi connectivity index (χ3v) is 5.70. The van der Waals surface area contributed by atoms with Gasteiger partial charge in [0.15, 0.2) is 0 Å². The highest BCUT2D eigenvalue weighted by molar-refractivity contribution is 7.89. The van der Waals surface area contributed by atoms with Gasteiger partial charge in [-0.25, -0.2) is 13.1 Å². The van der Waals surface area contributed by atoms with E-state index in [1.165, 1.54) is 12.1 Å². The lowest BCUT2D eigenvalue weighted by Crippen LogP contribution is -2.23. The van der Waals surface area contributed by atoms with Gasteiger partial charge in [-0.15, -0.1) is 11.3 Å². The molecule has 0 aliphatic rings. The summed E-state index contributed by atoms with van der Waals surface area (Å²) >= 11 is 7.44. The molecular weight excluding hydrogens is 352 g/mol. The summed E-state index contributed by atoms with van der Waals surface area (Å²) in [7, 11) is -3.60. The maximum Gasteiger partial charge on any atom is 0.240 e. The van der Waals surface area contributed by atoms with Crippen molar-refractivity contribution in [1.82, 2.24) is 9.71 Å². The van der Waals surface area contributed by atoms with Crippen LogP contribution in [0, 0.1) is 0 Å². The quantitative estimate of drug-likeness (QED) is 0.745. The standard InChI is InChI=1S/C16H13ClN2O2S2/c17-13-3-1-4-14(10-13)23(20,21)19-11-12-6-7-18-15(9-12)16-5-2-8-22-16/h1-10,19H,11H2. The van der Waals surface area contributed by atoms with Crippen LogP contribution in [0.4, 0.5) is 0 Å². The predicted molar refractivity (Wildman–Crippen MR) is 93.0 cm³/mol. The number of aromatic nitrogens is 1. The first-order valence-corrected chi connectivity index (χ1v) is 9.53. The molecule has 4 nitrogen and oxygen atoms in total. The van der Waals surface area contributed by atoms with Crippen molar-refractivity contribution >= 4 is 33.0 Å². The van der Waals surface area contributed by atoms with Gasteiger partial charge in [0.05, 0.1) is 15.5 Å². The molecule has 1 aromatic carbocycles. The van der Waals surface area contributed by atoms with Gasteiger partial charge in [0.25, 0.3) is 0 Å². The van der Waals surface area contributed by atoms with Crippen molar-refractivity contribution in [2.45, 2.75) is 11.4 Å². The summed E-state index contributed by atoms with van der Waals surface area (Å²) in [6.07, 6.45) is 1.68. The van der Waals surface area contributed by atoms with Crippen molar-refractivity contribution in [3.05, 3.63) is 70.7 Å². The molecule has 0 amide bonds. The first-order valence-electron chi connectivity index (χ1n) is 6.79. The zero-order valence-corrected chi connectivity index (χ0v) is 14.3. The number of pyridine rings is 1. The predicted octanol–water partition coefficient (Wildman–Crippen LogP) is 3.94. The van der Waals surface area contributed by atoms with Gasteiger partial charge in [-0.05, 0) is 47.3 Å². The molecule has 2 heterocycles. The van der Waals surface area contributed by atoms with Gasteiger partial charge < -0.3 is 0 Å². The molecule has 0 saturated heterocycles. The summed E-state index contributed by atoms with van der Waals surface area (Å²) < 4.78 is 27.2. The van der Waals surface area contributed by atoms with Crippen LogP contribution in [0.15, 0.2) is 65.0 Å². The van der Waals surface area contributed by atoms with Gasteiger partial charge in [0.2, 0.25) is 10.0 Å². The number of nitrogens with zero attached hydrogens (tertiary/aromatic N) is 1. The maximum atomic E-state index is 12.3. The van der Waals surface area contributed by atoms with Crippen LogP contribution in [0.1, 0.15) is 5.56 Å². The van der Waals surface area contributed by atoms with E-state index in [1.54, 1.807) is 35.7 Å². The third kappa shape index (κ3) is 3.97. The van der Waals surface area contributed by atoms with Crippen LogP contribution in [0.3, 0.4) is 0 Å². The number of rotatable bonds is 5. The van der Waals surface area contributed by atoms with E-state index in [9.17, 15) is 8.42 Å². The molecule has 0 atom stereocenters. The minimum absolute atomic E-state index is 0.150. The van der Waals surface area contributed by atoms with Gasteiger partial charge >= 0.3 is 0 Å². The number of halogens is 1. The molecule has 0 spiro atoms. The van der Waals surface area contributed by atoms with E-state index in [2.05, 4.69) is 9.71 Å². The van der Waals surface area contributed by atoms with E-state index in [1.807, 2.05) is 23.6 Å².